The van der Waals surface area contributed by atoms with Gasteiger partial charge in [0, 0.05) is 11.8 Å². The highest BCUT2D eigenvalue weighted by Gasteiger charge is 2.20. The normalized spacial score (nSPS) is 13.8. The largest absolute Gasteiger partial charge is 0.493 e. The lowest BCUT2D eigenvalue weighted by molar-refractivity contribution is 0.200. The SMILES string of the molecule is COc1cccc(/C=C/c2nc3ccc(Cl)cn3c(=O)c2-c2ccc(C#N)cc2)c1OC1CCCC1. The molecule has 0 radical (unpaired) electrons. The molecule has 0 atom stereocenters. The van der Waals surface area contributed by atoms with E-state index in [0.29, 0.717) is 44.6 Å². The van der Waals surface area contributed by atoms with Crippen molar-refractivity contribution < 1.29 is 9.47 Å². The molecule has 2 heterocycles. The number of methoxy groups -OCH3 is 1. The highest BCUT2D eigenvalue weighted by Crippen LogP contribution is 2.36. The molecule has 180 valence electrons. The smallest absolute Gasteiger partial charge is 0.266 e. The van der Waals surface area contributed by atoms with E-state index in [9.17, 15) is 10.1 Å². The number of aromatic nitrogens is 2. The number of hydrogen-bond donors (Lipinski definition) is 0. The van der Waals surface area contributed by atoms with Crippen molar-refractivity contribution in [1.82, 2.24) is 9.38 Å². The van der Waals surface area contributed by atoms with Crippen LogP contribution in [0.25, 0.3) is 28.9 Å². The number of para-hydroxylation sites is 1. The van der Waals surface area contributed by atoms with Gasteiger partial charge in [0.25, 0.3) is 5.56 Å². The molecule has 6 nitrogen and oxygen atoms in total. The van der Waals surface area contributed by atoms with Crippen LogP contribution in [-0.2, 0) is 0 Å². The number of fused-ring (bicyclic) bond motifs is 1. The molecule has 0 unspecified atom stereocenters. The molecule has 4 aromatic rings. The van der Waals surface area contributed by atoms with E-state index in [-0.39, 0.29) is 11.7 Å². The molecule has 0 saturated heterocycles. The summed E-state index contributed by atoms with van der Waals surface area (Å²) in [5.41, 5.74) is 3.16. The predicted octanol–water partition coefficient (Wildman–Crippen LogP) is 6.39. The van der Waals surface area contributed by atoms with Gasteiger partial charge in [0.2, 0.25) is 0 Å². The van der Waals surface area contributed by atoms with Gasteiger partial charge in [0.05, 0.1) is 41.1 Å². The van der Waals surface area contributed by atoms with Crippen LogP contribution in [0.4, 0.5) is 0 Å². The van der Waals surface area contributed by atoms with Gasteiger partial charge >= 0.3 is 0 Å². The summed E-state index contributed by atoms with van der Waals surface area (Å²) < 4.78 is 13.4. The Morgan fingerprint density at radius 3 is 2.58 bits per heavy atom. The molecule has 0 aliphatic heterocycles. The highest BCUT2D eigenvalue weighted by molar-refractivity contribution is 6.30. The monoisotopic (exact) mass is 497 g/mol. The molecule has 2 aromatic carbocycles. The number of ether oxygens (including phenoxy) is 2. The second-order valence-corrected chi connectivity index (χ2v) is 9.11. The Labute approximate surface area is 214 Å². The van der Waals surface area contributed by atoms with Gasteiger partial charge in [-0.25, -0.2) is 4.98 Å². The summed E-state index contributed by atoms with van der Waals surface area (Å²) in [7, 11) is 1.63. The van der Waals surface area contributed by atoms with Gasteiger partial charge in [0.15, 0.2) is 11.5 Å². The van der Waals surface area contributed by atoms with E-state index < -0.39 is 0 Å². The van der Waals surface area contributed by atoms with Crippen molar-refractivity contribution in [2.75, 3.05) is 7.11 Å². The molecule has 0 amide bonds. The fourth-order valence-electron chi connectivity index (χ4n) is 4.53. The van der Waals surface area contributed by atoms with Crippen LogP contribution in [0, 0.1) is 11.3 Å². The van der Waals surface area contributed by atoms with Crippen molar-refractivity contribution in [3.8, 4) is 28.7 Å². The number of nitriles is 1. The van der Waals surface area contributed by atoms with Gasteiger partial charge in [0.1, 0.15) is 5.65 Å². The Kier molecular flexibility index (Phi) is 6.75. The Morgan fingerprint density at radius 2 is 1.86 bits per heavy atom. The molecular weight excluding hydrogens is 474 g/mol. The molecule has 0 bridgehead atoms. The van der Waals surface area contributed by atoms with Gasteiger partial charge in [-0.05, 0) is 73.7 Å². The van der Waals surface area contributed by atoms with Gasteiger partial charge in [-0.1, -0.05) is 35.9 Å². The van der Waals surface area contributed by atoms with E-state index in [2.05, 4.69) is 6.07 Å². The Morgan fingerprint density at radius 1 is 1.08 bits per heavy atom. The fourth-order valence-corrected chi connectivity index (χ4v) is 4.69. The van der Waals surface area contributed by atoms with Crippen LogP contribution in [0.2, 0.25) is 5.02 Å². The molecule has 0 N–H and O–H groups in total. The van der Waals surface area contributed by atoms with Crippen LogP contribution in [0.1, 0.15) is 42.5 Å². The van der Waals surface area contributed by atoms with Crippen LogP contribution in [-0.4, -0.2) is 22.6 Å². The summed E-state index contributed by atoms with van der Waals surface area (Å²) in [6.07, 6.45) is 9.81. The molecule has 1 aliphatic carbocycles. The van der Waals surface area contributed by atoms with E-state index in [1.807, 2.05) is 30.4 Å². The zero-order valence-electron chi connectivity index (χ0n) is 19.8. The summed E-state index contributed by atoms with van der Waals surface area (Å²) in [5, 5.41) is 9.62. The maximum absolute atomic E-state index is 13.6. The third-order valence-corrected chi connectivity index (χ3v) is 6.58. The number of pyridine rings is 1. The van der Waals surface area contributed by atoms with Gasteiger partial charge < -0.3 is 9.47 Å². The quantitative estimate of drug-likeness (QED) is 0.308. The molecule has 1 aliphatic rings. The lowest BCUT2D eigenvalue weighted by atomic mass is 10.0. The standard InChI is InChI=1S/C29H24ClN3O3/c1-35-25-8-4-5-21(28(25)36-23-6-2-3-7-23)13-15-24-27(20-11-9-19(17-31)10-12-20)29(34)33-18-22(30)14-16-26(33)32-24/h4-5,8-16,18,23H,2-3,6-7H2,1H3/b15-13+. The summed E-state index contributed by atoms with van der Waals surface area (Å²) in [6.45, 7) is 0. The van der Waals surface area contributed by atoms with E-state index >= 15 is 0 Å². The first kappa shape index (κ1) is 23.7. The van der Waals surface area contributed by atoms with Crippen LogP contribution < -0.4 is 15.0 Å². The summed E-state index contributed by atoms with van der Waals surface area (Å²) in [5.74, 6) is 1.35. The first-order chi connectivity index (χ1) is 17.6. The Bertz CT molecular complexity index is 1550. The van der Waals surface area contributed by atoms with E-state index in [0.717, 1.165) is 31.2 Å². The topological polar surface area (TPSA) is 76.6 Å². The molecule has 0 spiro atoms. The molecular formula is C29H24ClN3O3. The van der Waals surface area contributed by atoms with Gasteiger partial charge in [-0.15, -0.1) is 0 Å². The second kappa shape index (κ2) is 10.3. The molecule has 7 heteroatoms. The maximum atomic E-state index is 13.6. The van der Waals surface area contributed by atoms with Gasteiger partial charge in [-0.2, -0.15) is 5.26 Å². The first-order valence-corrected chi connectivity index (χ1v) is 12.2. The molecule has 1 fully saturated rings. The average molecular weight is 498 g/mol. The minimum atomic E-state index is -0.250. The molecule has 5 rings (SSSR count). The van der Waals surface area contributed by atoms with Crippen molar-refractivity contribution >= 4 is 29.4 Å². The fraction of sp³-hybridized carbons (Fsp3) is 0.207. The highest BCUT2D eigenvalue weighted by atomic mass is 35.5. The number of rotatable bonds is 6. The lowest BCUT2D eigenvalue weighted by Gasteiger charge is -2.18. The Hall–Kier alpha value is -4.08. The van der Waals surface area contributed by atoms with Crippen molar-refractivity contribution in [1.29, 1.82) is 5.26 Å². The zero-order chi connectivity index (χ0) is 25.1. The summed E-state index contributed by atoms with van der Waals surface area (Å²) in [4.78, 5) is 18.4. The number of nitrogens with zero attached hydrogens (tertiary/aromatic N) is 3. The van der Waals surface area contributed by atoms with Crippen molar-refractivity contribution in [2.45, 2.75) is 31.8 Å². The average Bonchev–Trinajstić information content (AvgIpc) is 3.42. The lowest BCUT2D eigenvalue weighted by Crippen LogP contribution is -2.18. The van der Waals surface area contributed by atoms with E-state index in [1.54, 1.807) is 49.7 Å². The van der Waals surface area contributed by atoms with Crippen LogP contribution in [0.3, 0.4) is 0 Å². The first-order valence-electron chi connectivity index (χ1n) is 11.8. The van der Waals surface area contributed by atoms with Gasteiger partial charge in [-0.3, -0.25) is 9.20 Å². The van der Waals surface area contributed by atoms with Crippen molar-refractivity contribution in [3.63, 3.8) is 0 Å². The van der Waals surface area contributed by atoms with Crippen LogP contribution in [0.5, 0.6) is 11.5 Å². The second-order valence-electron chi connectivity index (χ2n) is 8.68. The van der Waals surface area contributed by atoms with Crippen LogP contribution in [0.15, 0.2) is 65.6 Å². The summed E-state index contributed by atoms with van der Waals surface area (Å²) in [6, 6.07) is 18.2. The van der Waals surface area contributed by atoms with E-state index in [4.69, 9.17) is 26.1 Å². The minimum absolute atomic E-state index is 0.163. The maximum Gasteiger partial charge on any atom is 0.266 e. The summed E-state index contributed by atoms with van der Waals surface area (Å²) >= 11 is 6.16. The number of halogens is 1. The molecule has 1 saturated carbocycles. The van der Waals surface area contributed by atoms with Crippen molar-refractivity contribution in [2.24, 2.45) is 0 Å². The third-order valence-electron chi connectivity index (χ3n) is 6.35. The molecule has 2 aromatic heterocycles. The minimum Gasteiger partial charge on any atom is -0.493 e. The molecule has 36 heavy (non-hydrogen) atoms. The van der Waals surface area contributed by atoms with E-state index in [1.165, 1.54) is 4.40 Å². The zero-order valence-corrected chi connectivity index (χ0v) is 20.5. The van der Waals surface area contributed by atoms with Crippen LogP contribution >= 0.6 is 11.6 Å². The third kappa shape index (κ3) is 4.71. The predicted molar refractivity (Wildman–Crippen MR) is 141 cm³/mol. The number of hydrogen-bond acceptors (Lipinski definition) is 5. The number of benzene rings is 2. The van der Waals surface area contributed by atoms with Crippen molar-refractivity contribution in [3.05, 3.63) is 93.0 Å². The Balaban J connectivity index is 1.64.